The molecule has 1 heterocycles. The smallest absolute Gasteiger partial charge is 0.0707 e. The van der Waals surface area contributed by atoms with Crippen molar-refractivity contribution in [3.8, 4) is 0 Å². The number of fused-ring (bicyclic) bond motifs is 1. The van der Waals surface area contributed by atoms with Crippen LogP contribution in [0.15, 0.2) is 30.3 Å². The van der Waals surface area contributed by atoms with Gasteiger partial charge in [0.25, 0.3) is 0 Å². The number of rotatable bonds is 2. The van der Waals surface area contributed by atoms with E-state index >= 15 is 0 Å². The maximum absolute atomic E-state index is 5.78. The largest absolute Gasteiger partial charge is 0.328 e. The van der Waals surface area contributed by atoms with E-state index in [1.54, 1.807) is 0 Å². The summed E-state index contributed by atoms with van der Waals surface area (Å²) in [5.41, 5.74) is 9.20. The quantitative estimate of drug-likeness (QED) is 0.808. The Balaban J connectivity index is 2.52. The third-order valence-electron chi connectivity index (χ3n) is 2.51. The first-order valence-corrected chi connectivity index (χ1v) is 5.27. The second kappa shape index (κ2) is 3.99. The molecule has 1 aromatic heterocycles. The molecule has 2 aromatic rings. The summed E-state index contributed by atoms with van der Waals surface area (Å²) in [5, 5.41) is 1.23. The Labute approximate surface area is 90.1 Å². The van der Waals surface area contributed by atoms with E-state index in [1.807, 2.05) is 25.1 Å². The highest BCUT2D eigenvalue weighted by Gasteiger charge is 2.03. The minimum absolute atomic E-state index is 0.165. The van der Waals surface area contributed by atoms with Crippen LogP contribution in [0.25, 0.3) is 10.9 Å². The Hall–Kier alpha value is -1.41. The molecular weight excluding hydrogens is 184 g/mol. The summed E-state index contributed by atoms with van der Waals surface area (Å²) < 4.78 is 0. The maximum Gasteiger partial charge on any atom is 0.0707 e. The first-order valence-electron chi connectivity index (χ1n) is 5.27. The molecule has 0 aliphatic rings. The van der Waals surface area contributed by atoms with Crippen LogP contribution in [-0.4, -0.2) is 11.0 Å². The van der Waals surface area contributed by atoms with Crippen molar-refractivity contribution in [3.63, 3.8) is 0 Å². The third kappa shape index (κ3) is 2.16. The molecule has 2 nitrogen and oxygen atoms in total. The van der Waals surface area contributed by atoms with Gasteiger partial charge in [0.2, 0.25) is 0 Å². The van der Waals surface area contributed by atoms with Gasteiger partial charge in [0.15, 0.2) is 0 Å². The molecule has 0 fully saturated rings. The van der Waals surface area contributed by atoms with Gasteiger partial charge in [0, 0.05) is 23.5 Å². The fraction of sp³-hybridized carbons (Fsp3) is 0.308. The van der Waals surface area contributed by atoms with Crippen LogP contribution in [0.2, 0.25) is 0 Å². The van der Waals surface area contributed by atoms with Crippen LogP contribution in [-0.2, 0) is 6.42 Å². The fourth-order valence-corrected chi connectivity index (χ4v) is 1.85. The van der Waals surface area contributed by atoms with Crippen molar-refractivity contribution >= 4 is 10.9 Å². The zero-order chi connectivity index (χ0) is 10.8. The number of para-hydroxylation sites is 1. The molecule has 1 aromatic carbocycles. The fourth-order valence-electron chi connectivity index (χ4n) is 1.85. The van der Waals surface area contributed by atoms with Gasteiger partial charge in [-0.15, -0.1) is 0 Å². The van der Waals surface area contributed by atoms with Gasteiger partial charge in [0.1, 0.15) is 0 Å². The first-order chi connectivity index (χ1) is 7.16. The van der Waals surface area contributed by atoms with Gasteiger partial charge in [-0.2, -0.15) is 0 Å². The summed E-state index contributed by atoms with van der Waals surface area (Å²) in [6, 6.07) is 10.5. The van der Waals surface area contributed by atoms with E-state index in [4.69, 9.17) is 5.73 Å². The number of hydrogen-bond acceptors (Lipinski definition) is 2. The number of aromatic nitrogens is 1. The van der Waals surface area contributed by atoms with Crippen LogP contribution in [0.4, 0.5) is 0 Å². The van der Waals surface area contributed by atoms with E-state index in [0.717, 1.165) is 17.6 Å². The predicted octanol–water partition coefficient (Wildman–Crippen LogP) is 2.43. The Morgan fingerprint density at radius 1 is 1.33 bits per heavy atom. The van der Waals surface area contributed by atoms with E-state index in [2.05, 4.69) is 24.0 Å². The van der Waals surface area contributed by atoms with Gasteiger partial charge in [-0.3, -0.25) is 4.98 Å². The molecule has 0 bridgehead atoms. The zero-order valence-corrected chi connectivity index (χ0v) is 9.20. The molecule has 1 atom stereocenters. The standard InChI is InChI=1S/C13H16N2/c1-9-7-11(8-10(2)14)15-13-6-4-3-5-12(9)13/h3-7,10H,8,14H2,1-2H3. The SMILES string of the molecule is Cc1cc(CC(C)N)nc2ccccc12. The number of nitrogens with two attached hydrogens (primary N) is 1. The lowest BCUT2D eigenvalue weighted by atomic mass is 10.1. The lowest BCUT2D eigenvalue weighted by molar-refractivity contribution is 0.724. The molecule has 0 radical (unpaired) electrons. The molecule has 0 saturated heterocycles. The summed E-state index contributed by atoms with van der Waals surface area (Å²) in [6.45, 7) is 4.13. The number of pyridine rings is 1. The van der Waals surface area contributed by atoms with Crippen LogP contribution in [0.1, 0.15) is 18.2 Å². The summed E-state index contributed by atoms with van der Waals surface area (Å²) in [5.74, 6) is 0. The van der Waals surface area contributed by atoms with Crippen LogP contribution >= 0.6 is 0 Å². The van der Waals surface area contributed by atoms with E-state index in [1.165, 1.54) is 10.9 Å². The van der Waals surface area contributed by atoms with Crippen molar-refractivity contribution in [2.24, 2.45) is 5.73 Å². The molecule has 78 valence electrons. The predicted molar refractivity (Wildman–Crippen MR) is 63.8 cm³/mol. The highest BCUT2D eigenvalue weighted by atomic mass is 14.7. The molecule has 15 heavy (non-hydrogen) atoms. The summed E-state index contributed by atoms with van der Waals surface area (Å²) in [6.07, 6.45) is 0.839. The van der Waals surface area contributed by atoms with Crippen LogP contribution in [0.5, 0.6) is 0 Å². The highest BCUT2D eigenvalue weighted by molar-refractivity contribution is 5.81. The van der Waals surface area contributed by atoms with Crippen molar-refractivity contribution in [2.45, 2.75) is 26.3 Å². The minimum atomic E-state index is 0.165. The van der Waals surface area contributed by atoms with Crippen molar-refractivity contribution in [3.05, 3.63) is 41.6 Å². The molecule has 1 unspecified atom stereocenters. The van der Waals surface area contributed by atoms with Crippen LogP contribution in [0, 0.1) is 6.92 Å². The topological polar surface area (TPSA) is 38.9 Å². The molecule has 0 aliphatic heterocycles. The molecule has 2 heteroatoms. The average molecular weight is 200 g/mol. The van der Waals surface area contributed by atoms with E-state index in [0.29, 0.717) is 0 Å². The summed E-state index contributed by atoms with van der Waals surface area (Å²) in [7, 11) is 0. The molecular formula is C13H16N2. The Kier molecular flexibility index (Phi) is 2.69. The van der Waals surface area contributed by atoms with Crippen LogP contribution in [0.3, 0.4) is 0 Å². The second-order valence-electron chi connectivity index (χ2n) is 4.13. The summed E-state index contributed by atoms with van der Waals surface area (Å²) in [4.78, 5) is 4.60. The van der Waals surface area contributed by atoms with Crippen LogP contribution < -0.4 is 5.73 Å². The zero-order valence-electron chi connectivity index (χ0n) is 9.20. The van der Waals surface area contributed by atoms with Crippen molar-refractivity contribution < 1.29 is 0 Å². The third-order valence-corrected chi connectivity index (χ3v) is 2.51. The lowest BCUT2D eigenvalue weighted by Gasteiger charge is -2.08. The van der Waals surface area contributed by atoms with Gasteiger partial charge in [-0.1, -0.05) is 18.2 Å². The second-order valence-corrected chi connectivity index (χ2v) is 4.13. The maximum atomic E-state index is 5.78. The van der Waals surface area contributed by atoms with Crippen molar-refractivity contribution in [2.75, 3.05) is 0 Å². The van der Waals surface area contributed by atoms with E-state index in [9.17, 15) is 0 Å². The summed E-state index contributed by atoms with van der Waals surface area (Å²) >= 11 is 0. The molecule has 2 rings (SSSR count). The number of hydrogen-bond donors (Lipinski definition) is 1. The lowest BCUT2D eigenvalue weighted by Crippen LogP contribution is -2.18. The van der Waals surface area contributed by atoms with Gasteiger partial charge in [-0.05, 0) is 31.5 Å². The number of nitrogens with zero attached hydrogens (tertiary/aromatic N) is 1. The average Bonchev–Trinajstić information content (AvgIpc) is 2.16. The van der Waals surface area contributed by atoms with E-state index in [-0.39, 0.29) is 6.04 Å². The van der Waals surface area contributed by atoms with E-state index < -0.39 is 0 Å². The molecule has 0 aliphatic carbocycles. The minimum Gasteiger partial charge on any atom is -0.328 e. The van der Waals surface area contributed by atoms with Gasteiger partial charge in [-0.25, -0.2) is 0 Å². The number of benzene rings is 1. The Morgan fingerprint density at radius 3 is 2.80 bits per heavy atom. The Bertz CT molecular complexity index is 475. The van der Waals surface area contributed by atoms with Gasteiger partial charge >= 0.3 is 0 Å². The number of aryl methyl sites for hydroxylation is 1. The Morgan fingerprint density at radius 2 is 2.07 bits per heavy atom. The van der Waals surface area contributed by atoms with Crippen molar-refractivity contribution in [1.82, 2.24) is 4.98 Å². The molecule has 0 spiro atoms. The monoisotopic (exact) mass is 200 g/mol. The van der Waals surface area contributed by atoms with Gasteiger partial charge < -0.3 is 5.73 Å². The highest BCUT2D eigenvalue weighted by Crippen LogP contribution is 2.17. The molecule has 0 amide bonds. The first kappa shape index (κ1) is 10.1. The molecule has 0 saturated carbocycles. The molecule has 2 N–H and O–H groups in total. The van der Waals surface area contributed by atoms with Gasteiger partial charge in [0.05, 0.1) is 5.52 Å². The normalized spacial score (nSPS) is 13.0. The van der Waals surface area contributed by atoms with Crippen molar-refractivity contribution in [1.29, 1.82) is 0 Å².